The molecule has 2 bridgehead atoms. The van der Waals surface area contributed by atoms with E-state index in [4.69, 9.17) is 9.47 Å². The lowest BCUT2D eigenvalue weighted by atomic mass is 9.52. The third-order valence-corrected chi connectivity index (χ3v) is 5.16. The fourth-order valence-corrected chi connectivity index (χ4v) is 4.33. The number of hydrogen-bond acceptors (Lipinski definition) is 5. The molecule has 2 fully saturated rings. The second-order valence-electron chi connectivity index (χ2n) is 6.13. The van der Waals surface area contributed by atoms with Crippen molar-refractivity contribution >= 4 is 17.7 Å². The molecule has 0 spiro atoms. The first-order valence-corrected chi connectivity index (χ1v) is 6.93. The maximum absolute atomic E-state index is 12.4. The van der Waals surface area contributed by atoms with E-state index < -0.39 is 17.4 Å². The van der Waals surface area contributed by atoms with Crippen molar-refractivity contribution in [3.63, 3.8) is 0 Å². The van der Waals surface area contributed by atoms with Crippen molar-refractivity contribution in [3.05, 3.63) is 11.6 Å². The van der Waals surface area contributed by atoms with Gasteiger partial charge in [0.25, 0.3) is 0 Å². The molecule has 5 atom stereocenters. The monoisotopic (exact) mass is 278 g/mol. The number of fused-ring (bicyclic) bond motifs is 1. The largest absolute Gasteiger partial charge is 0.468 e. The molecule has 2 heterocycles. The first kappa shape index (κ1) is 13.3. The summed E-state index contributed by atoms with van der Waals surface area (Å²) in [5.41, 5.74) is -0.757. The minimum atomic E-state index is -1.42. The molecular formula is C15H18O5. The molecule has 1 saturated heterocycles. The maximum Gasteiger partial charge on any atom is 0.328 e. The topological polar surface area (TPSA) is 69.7 Å². The van der Waals surface area contributed by atoms with E-state index in [1.165, 1.54) is 7.11 Å². The van der Waals surface area contributed by atoms with Gasteiger partial charge in [-0.25, -0.2) is 0 Å². The van der Waals surface area contributed by atoms with E-state index >= 15 is 0 Å². The molecule has 2 aliphatic heterocycles. The van der Waals surface area contributed by atoms with Crippen LogP contribution in [0.5, 0.6) is 0 Å². The van der Waals surface area contributed by atoms with Crippen LogP contribution in [0.15, 0.2) is 11.6 Å². The van der Waals surface area contributed by atoms with E-state index in [9.17, 15) is 14.4 Å². The number of carbonyl (C=O) groups excluding carboxylic acids is 3. The first-order chi connectivity index (χ1) is 9.42. The second-order valence-corrected chi connectivity index (χ2v) is 6.13. The van der Waals surface area contributed by atoms with Crippen molar-refractivity contribution in [2.75, 3.05) is 7.11 Å². The lowest BCUT2D eigenvalue weighted by Gasteiger charge is -2.54. The third kappa shape index (κ3) is 1.41. The van der Waals surface area contributed by atoms with Crippen LogP contribution >= 0.6 is 0 Å². The molecule has 4 rings (SSSR count). The number of ketones is 1. The van der Waals surface area contributed by atoms with E-state index in [2.05, 4.69) is 0 Å². The van der Waals surface area contributed by atoms with Crippen molar-refractivity contribution in [3.8, 4) is 0 Å². The molecule has 0 N–H and O–H groups in total. The van der Waals surface area contributed by atoms with E-state index in [0.29, 0.717) is 12.0 Å². The highest BCUT2D eigenvalue weighted by Crippen LogP contribution is 2.57. The maximum atomic E-state index is 12.4. The van der Waals surface area contributed by atoms with Crippen molar-refractivity contribution in [1.82, 2.24) is 0 Å². The van der Waals surface area contributed by atoms with Crippen LogP contribution in [0.2, 0.25) is 0 Å². The number of methoxy groups -OCH3 is 1. The summed E-state index contributed by atoms with van der Waals surface area (Å²) in [6.07, 6.45) is 2.27. The number of esters is 2. The molecule has 2 unspecified atom stereocenters. The molecule has 0 radical (unpaired) electrons. The Bertz CT molecular complexity index is 534. The van der Waals surface area contributed by atoms with Gasteiger partial charge in [0.1, 0.15) is 11.9 Å². The van der Waals surface area contributed by atoms with Crippen molar-refractivity contribution in [2.24, 2.45) is 23.2 Å². The summed E-state index contributed by atoms with van der Waals surface area (Å²) in [4.78, 5) is 36.7. The molecule has 0 aromatic carbocycles. The number of rotatable bonds is 1. The average Bonchev–Trinajstić information content (AvgIpc) is 2.36. The van der Waals surface area contributed by atoms with Gasteiger partial charge in [-0.05, 0) is 24.5 Å². The number of hydrogen-bond donors (Lipinski definition) is 0. The van der Waals surface area contributed by atoms with Gasteiger partial charge in [0.05, 0.1) is 7.11 Å². The zero-order chi connectivity index (χ0) is 14.7. The van der Waals surface area contributed by atoms with Gasteiger partial charge in [0, 0.05) is 24.7 Å². The zero-order valence-corrected chi connectivity index (χ0v) is 11.8. The first-order valence-electron chi connectivity index (χ1n) is 6.93. The van der Waals surface area contributed by atoms with Crippen molar-refractivity contribution in [2.45, 2.75) is 32.8 Å². The van der Waals surface area contributed by atoms with Crippen molar-refractivity contribution < 1.29 is 23.9 Å². The van der Waals surface area contributed by atoms with Gasteiger partial charge in [-0.3, -0.25) is 14.4 Å². The minimum Gasteiger partial charge on any atom is -0.468 e. The lowest BCUT2D eigenvalue weighted by molar-refractivity contribution is -0.199. The molecule has 0 amide bonds. The molecule has 2 aliphatic carbocycles. The Balaban J connectivity index is 2.18. The van der Waals surface area contributed by atoms with Crippen LogP contribution in [-0.4, -0.2) is 30.9 Å². The van der Waals surface area contributed by atoms with E-state index in [1.54, 1.807) is 6.92 Å². The molecule has 1 saturated carbocycles. The highest BCUT2D eigenvalue weighted by molar-refractivity contribution is 6.06. The Kier molecular flexibility index (Phi) is 2.78. The molecule has 5 heteroatoms. The fourth-order valence-electron chi connectivity index (χ4n) is 4.33. The van der Waals surface area contributed by atoms with E-state index in [1.807, 2.05) is 13.0 Å². The van der Waals surface area contributed by atoms with Gasteiger partial charge in [-0.2, -0.15) is 0 Å². The summed E-state index contributed by atoms with van der Waals surface area (Å²) in [5, 5.41) is 0. The summed E-state index contributed by atoms with van der Waals surface area (Å²) in [6.45, 7) is 3.74. The smallest absolute Gasteiger partial charge is 0.328 e. The molecule has 0 aromatic heterocycles. The van der Waals surface area contributed by atoms with Gasteiger partial charge in [0.15, 0.2) is 5.41 Å². The van der Waals surface area contributed by atoms with Gasteiger partial charge < -0.3 is 9.47 Å². The van der Waals surface area contributed by atoms with Gasteiger partial charge in [-0.15, -0.1) is 0 Å². The van der Waals surface area contributed by atoms with Crippen LogP contribution in [0, 0.1) is 23.2 Å². The SMILES string of the molecule is COC(=O)C12C(=O)OC(C=C1C)[C@@H]1[C@H](C)CC(=O)C[C@@H]12. The van der Waals surface area contributed by atoms with Gasteiger partial charge >= 0.3 is 11.9 Å². The van der Waals surface area contributed by atoms with Crippen LogP contribution in [0.25, 0.3) is 0 Å². The Morgan fingerprint density at radius 3 is 2.70 bits per heavy atom. The van der Waals surface area contributed by atoms with Crippen LogP contribution in [0.1, 0.15) is 26.7 Å². The summed E-state index contributed by atoms with van der Waals surface area (Å²) in [7, 11) is 1.27. The predicted octanol–water partition coefficient (Wildman–Crippen LogP) is 1.26. The molecule has 20 heavy (non-hydrogen) atoms. The van der Waals surface area contributed by atoms with Gasteiger partial charge in [0.2, 0.25) is 0 Å². The number of carbonyl (C=O) groups is 3. The predicted molar refractivity (Wildman–Crippen MR) is 68.5 cm³/mol. The summed E-state index contributed by atoms with van der Waals surface area (Å²) in [6, 6.07) is 0. The zero-order valence-electron chi connectivity index (χ0n) is 11.8. The Morgan fingerprint density at radius 2 is 2.10 bits per heavy atom. The second kappa shape index (κ2) is 4.17. The standard InChI is InChI=1S/C15H18O5/c1-7-4-9(16)6-10-12(7)11-5-8(2)15(10,13(17)19-3)14(18)20-11/h5,7,10-12H,4,6H2,1-3H3/t7-,10+,11?,12-,15?/m1/s1. The third-order valence-electron chi connectivity index (χ3n) is 5.16. The highest BCUT2D eigenvalue weighted by Gasteiger charge is 2.67. The van der Waals surface area contributed by atoms with E-state index in [0.717, 1.165) is 0 Å². The van der Waals surface area contributed by atoms with Crippen LogP contribution < -0.4 is 0 Å². The number of ether oxygens (including phenoxy) is 2. The molecular weight excluding hydrogens is 260 g/mol. The Morgan fingerprint density at radius 1 is 1.40 bits per heavy atom. The van der Waals surface area contributed by atoms with E-state index in [-0.39, 0.29) is 36.1 Å². The Hall–Kier alpha value is -1.65. The summed E-state index contributed by atoms with van der Waals surface area (Å²) in [5.74, 6) is -1.26. The van der Waals surface area contributed by atoms with Crippen molar-refractivity contribution in [1.29, 1.82) is 0 Å². The van der Waals surface area contributed by atoms with Crippen LogP contribution in [0.4, 0.5) is 0 Å². The summed E-state index contributed by atoms with van der Waals surface area (Å²) >= 11 is 0. The fraction of sp³-hybridized carbons (Fsp3) is 0.667. The molecule has 5 nitrogen and oxygen atoms in total. The lowest BCUT2D eigenvalue weighted by Crippen LogP contribution is -2.63. The minimum absolute atomic E-state index is 0.0215. The van der Waals surface area contributed by atoms with Gasteiger partial charge in [-0.1, -0.05) is 6.92 Å². The summed E-state index contributed by atoms with van der Waals surface area (Å²) < 4.78 is 10.3. The quantitative estimate of drug-likeness (QED) is 0.410. The average molecular weight is 278 g/mol. The Labute approximate surface area is 117 Å². The number of Topliss-reactive ketones (excluding diaryl/α,β-unsaturated/α-hetero) is 1. The van der Waals surface area contributed by atoms with Crippen LogP contribution in [-0.2, 0) is 23.9 Å². The molecule has 0 aromatic rings. The molecule has 4 aliphatic rings. The highest BCUT2D eigenvalue weighted by atomic mass is 16.6. The van der Waals surface area contributed by atoms with Crippen LogP contribution in [0.3, 0.4) is 0 Å². The normalized spacial score (nSPS) is 42.6. The molecule has 108 valence electrons.